The molecular weight excluding hydrogens is 184 g/mol. The summed E-state index contributed by atoms with van der Waals surface area (Å²) in [6, 6.07) is 0.00526. The monoisotopic (exact) mass is 198 g/mol. The number of nitrogens with one attached hydrogen (secondary N) is 1. The van der Waals surface area contributed by atoms with Gasteiger partial charge in [0.25, 0.3) is 5.56 Å². The predicted molar refractivity (Wildman–Crippen MR) is 51.4 cm³/mol. The van der Waals surface area contributed by atoms with Gasteiger partial charge in [-0.25, -0.2) is 4.79 Å². The summed E-state index contributed by atoms with van der Waals surface area (Å²) in [4.78, 5) is 22.8. The van der Waals surface area contributed by atoms with Crippen molar-refractivity contribution in [2.45, 2.75) is 26.8 Å². The van der Waals surface area contributed by atoms with Crippen LogP contribution in [0.2, 0.25) is 0 Å². The highest BCUT2D eigenvalue weighted by molar-refractivity contribution is 5.88. The Morgan fingerprint density at radius 3 is 2.71 bits per heavy atom. The van der Waals surface area contributed by atoms with Crippen LogP contribution in [-0.2, 0) is 4.74 Å². The first-order valence-corrected chi connectivity index (χ1v) is 4.55. The fraction of sp³-hybridized carbons (Fsp3) is 0.556. The van der Waals surface area contributed by atoms with Crippen LogP contribution < -0.4 is 5.56 Å². The van der Waals surface area contributed by atoms with E-state index in [-0.39, 0.29) is 23.8 Å². The quantitative estimate of drug-likeness (QED) is 0.735. The second kappa shape index (κ2) is 4.13. The molecule has 0 spiro atoms. The molecule has 5 heteroatoms. The van der Waals surface area contributed by atoms with Crippen LogP contribution in [0.15, 0.2) is 11.0 Å². The van der Waals surface area contributed by atoms with Crippen LogP contribution in [0.1, 0.15) is 37.2 Å². The summed E-state index contributed by atoms with van der Waals surface area (Å²) in [5, 5.41) is 2.72. The Balaban J connectivity index is 3.01. The third kappa shape index (κ3) is 1.86. The van der Waals surface area contributed by atoms with Gasteiger partial charge in [-0.2, -0.15) is 0 Å². The lowest BCUT2D eigenvalue weighted by Gasteiger charge is -2.03. The Labute approximate surface area is 81.7 Å². The largest absolute Gasteiger partial charge is 0.462 e. The van der Waals surface area contributed by atoms with Gasteiger partial charge in [0.2, 0.25) is 0 Å². The molecule has 1 aromatic heterocycles. The van der Waals surface area contributed by atoms with Crippen molar-refractivity contribution in [3.8, 4) is 0 Å². The van der Waals surface area contributed by atoms with Gasteiger partial charge in [-0.05, 0) is 20.8 Å². The average Bonchev–Trinajstić information content (AvgIpc) is 2.47. The van der Waals surface area contributed by atoms with E-state index >= 15 is 0 Å². The molecule has 1 N–H and O–H groups in total. The molecule has 0 aliphatic carbocycles. The highest BCUT2D eigenvalue weighted by Gasteiger charge is 2.16. The van der Waals surface area contributed by atoms with Crippen molar-refractivity contribution in [2.24, 2.45) is 0 Å². The molecule has 0 amide bonds. The number of H-pyrrole nitrogens is 1. The predicted octanol–water partition coefficient (Wildman–Crippen LogP) is 0.934. The molecular formula is C9H14N2O3. The van der Waals surface area contributed by atoms with Gasteiger partial charge < -0.3 is 9.84 Å². The molecule has 14 heavy (non-hydrogen) atoms. The van der Waals surface area contributed by atoms with E-state index in [1.54, 1.807) is 6.92 Å². The van der Waals surface area contributed by atoms with Crippen LogP contribution >= 0.6 is 0 Å². The van der Waals surface area contributed by atoms with Crippen LogP contribution in [0.25, 0.3) is 0 Å². The zero-order valence-electron chi connectivity index (χ0n) is 8.53. The summed E-state index contributed by atoms with van der Waals surface area (Å²) in [6.07, 6.45) is 1.38. The highest BCUT2D eigenvalue weighted by atomic mass is 16.5. The number of carbonyl (C=O) groups is 1. The topological polar surface area (TPSA) is 64.1 Å². The molecule has 1 rings (SSSR count). The zero-order chi connectivity index (χ0) is 10.7. The first kappa shape index (κ1) is 10.6. The number of nitrogens with zero attached hydrogens (tertiary/aromatic N) is 1. The van der Waals surface area contributed by atoms with E-state index in [0.29, 0.717) is 0 Å². The van der Waals surface area contributed by atoms with Crippen LogP contribution in [-0.4, -0.2) is 22.4 Å². The smallest absolute Gasteiger partial charge is 0.345 e. The van der Waals surface area contributed by atoms with Crippen LogP contribution in [0.3, 0.4) is 0 Å². The maximum absolute atomic E-state index is 11.6. The number of ether oxygens (including phenoxy) is 1. The summed E-state index contributed by atoms with van der Waals surface area (Å²) in [6.45, 7) is 5.68. The Bertz CT molecular complexity index is 376. The molecule has 0 aliphatic heterocycles. The number of rotatable bonds is 3. The van der Waals surface area contributed by atoms with Crippen molar-refractivity contribution in [1.29, 1.82) is 0 Å². The van der Waals surface area contributed by atoms with E-state index in [9.17, 15) is 9.59 Å². The Morgan fingerprint density at radius 1 is 1.64 bits per heavy atom. The third-order valence-corrected chi connectivity index (χ3v) is 1.81. The molecule has 0 fully saturated rings. The summed E-state index contributed by atoms with van der Waals surface area (Å²) < 4.78 is 6.11. The van der Waals surface area contributed by atoms with Gasteiger partial charge >= 0.3 is 5.97 Å². The fourth-order valence-electron chi connectivity index (χ4n) is 1.12. The van der Waals surface area contributed by atoms with E-state index in [4.69, 9.17) is 4.74 Å². The number of aromatic amines is 1. The van der Waals surface area contributed by atoms with Crippen molar-refractivity contribution >= 4 is 5.97 Å². The highest BCUT2D eigenvalue weighted by Crippen LogP contribution is 2.00. The number of aromatic nitrogens is 2. The molecule has 0 aromatic carbocycles. The van der Waals surface area contributed by atoms with Crippen molar-refractivity contribution in [2.75, 3.05) is 6.61 Å². The molecule has 0 atom stereocenters. The standard InChI is InChI=1S/C9H14N2O3/c1-4-14-9(13)7-5-10-11(6(2)3)8(7)12/h5-6,10H,4H2,1-3H3. The number of hydrogen-bond acceptors (Lipinski definition) is 3. The van der Waals surface area contributed by atoms with Gasteiger partial charge in [-0.3, -0.25) is 9.48 Å². The van der Waals surface area contributed by atoms with Gasteiger partial charge in [-0.15, -0.1) is 0 Å². The van der Waals surface area contributed by atoms with Crippen molar-refractivity contribution in [1.82, 2.24) is 9.78 Å². The van der Waals surface area contributed by atoms with Crippen molar-refractivity contribution in [3.63, 3.8) is 0 Å². The summed E-state index contributed by atoms with van der Waals surface area (Å²) in [5.74, 6) is -0.576. The number of carbonyl (C=O) groups excluding carboxylic acids is 1. The Hall–Kier alpha value is -1.52. The maximum Gasteiger partial charge on any atom is 0.345 e. The first-order valence-electron chi connectivity index (χ1n) is 4.55. The van der Waals surface area contributed by atoms with Gasteiger partial charge in [0.15, 0.2) is 0 Å². The molecule has 1 aromatic rings. The van der Waals surface area contributed by atoms with E-state index in [1.807, 2.05) is 13.8 Å². The molecule has 78 valence electrons. The summed E-state index contributed by atoms with van der Waals surface area (Å²) in [7, 11) is 0. The normalized spacial score (nSPS) is 10.6. The van der Waals surface area contributed by atoms with E-state index in [2.05, 4.69) is 5.10 Å². The van der Waals surface area contributed by atoms with Crippen LogP contribution in [0, 0.1) is 0 Å². The zero-order valence-corrected chi connectivity index (χ0v) is 8.53. The molecule has 0 aliphatic rings. The van der Waals surface area contributed by atoms with Gasteiger partial charge in [-0.1, -0.05) is 0 Å². The second-order valence-corrected chi connectivity index (χ2v) is 3.18. The molecule has 1 heterocycles. The molecule has 5 nitrogen and oxygen atoms in total. The van der Waals surface area contributed by atoms with Crippen molar-refractivity contribution < 1.29 is 9.53 Å². The summed E-state index contributed by atoms with van der Waals surface area (Å²) in [5.41, 5.74) is -0.279. The number of hydrogen-bond donors (Lipinski definition) is 1. The molecule has 0 unspecified atom stereocenters. The van der Waals surface area contributed by atoms with Crippen LogP contribution in [0.4, 0.5) is 0 Å². The lowest BCUT2D eigenvalue weighted by Crippen LogP contribution is -2.23. The van der Waals surface area contributed by atoms with Crippen molar-refractivity contribution in [3.05, 3.63) is 22.1 Å². The minimum Gasteiger partial charge on any atom is -0.462 e. The van der Waals surface area contributed by atoms with E-state index in [1.165, 1.54) is 10.9 Å². The second-order valence-electron chi connectivity index (χ2n) is 3.18. The SMILES string of the molecule is CCOC(=O)c1c[nH]n(C(C)C)c1=O. The molecule has 0 radical (unpaired) electrons. The fourth-order valence-corrected chi connectivity index (χ4v) is 1.12. The third-order valence-electron chi connectivity index (χ3n) is 1.81. The van der Waals surface area contributed by atoms with Crippen LogP contribution in [0.5, 0.6) is 0 Å². The van der Waals surface area contributed by atoms with Gasteiger partial charge in [0.05, 0.1) is 6.61 Å². The number of esters is 1. The molecule has 0 saturated heterocycles. The van der Waals surface area contributed by atoms with E-state index in [0.717, 1.165) is 0 Å². The lowest BCUT2D eigenvalue weighted by molar-refractivity contribution is 0.0524. The summed E-state index contributed by atoms with van der Waals surface area (Å²) >= 11 is 0. The Kier molecular flexibility index (Phi) is 3.11. The molecule has 0 bridgehead atoms. The first-order chi connectivity index (χ1) is 6.57. The van der Waals surface area contributed by atoms with Gasteiger partial charge in [0, 0.05) is 12.2 Å². The Morgan fingerprint density at radius 2 is 2.29 bits per heavy atom. The maximum atomic E-state index is 11.6. The molecule has 0 saturated carbocycles. The minimum absolute atomic E-state index is 0.00526. The van der Waals surface area contributed by atoms with Gasteiger partial charge in [0.1, 0.15) is 5.56 Å². The minimum atomic E-state index is -0.576. The average molecular weight is 198 g/mol. The van der Waals surface area contributed by atoms with E-state index < -0.39 is 5.97 Å². The lowest BCUT2D eigenvalue weighted by atomic mass is 10.3.